The van der Waals surface area contributed by atoms with Crippen molar-refractivity contribution in [3.63, 3.8) is 0 Å². The first kappa shape index (κ1) is 11.6. The lowest BCUT2D eigenvalue weighted by Gasteiger charge is -2.23. The van der Waals surface area contributed by atoms with E-state index in [4.69, 9.17) is 5.11 Å². The Morgan fingerprint density at radius 2 is 2.12 bits per heavy atom. The number of amides is 1. The fraction of sp³-hybridized carbons (Fsp3) is 0.333. The summed E-state index contributed by atoms with van der Waals surface area (Å²) in [6, 6.07) is 6.76. The number of nitrogens with zero attached hydrogens (tertiary/aromatic N) is 1. The van der Waals surface area contributed by atoms with Gasteiger partial charge in [-0.15, -0.1) is 0 Å². The number of aliphatic carboxylic acids is 1. The minimum Gasteiger partial charge on any atom is -0.480 e. The van der Waals surface area contributed by atoms with E-state index in [1.807, 2.05) is 24.3 Å². The van der Waals surface area contributed by atoms with Crippen molar-refractivity contribution in [2.45, 2.75) is 19.5 Å². The Hall–Kier alpha value is -1.88. The molecule has 90 valence electrons. The maximum atomic E-state index is 11.6. The third kappa shape index (κ3) is 2.45. The van der Waals surface area contributed by atoms with Gasteiger partial charge in [0.15, 0.2) is 0 Å². The second kappa shape index (κ2) is 4.55. The molecule has 0 saturated heterocycles. The molecule has 1 atom stereocenters. The van der Waals surface area contributed by atoms with Gasteiger partial charge in [-0.25, -0.2) is 0 Å². The first-order valence-corrected chi connectivity index (χ1v) is 5.42. The van der Waals surface area contributed by atoms with Crippen molar-refractivity contribution in [3.8, 4) is 0 Å². The fourth-order valence-corrected chi connectivity index (χ4v) is 1.86. The fourth-order valence-electron chi connectivity index (χ4n) is 1.86. The van der Waals surface area contributed by atoms with Gasteiger partial charge in [0, 0.05) is 12.2 Å². The summed E-state index contributed by atoms with van der Waals surface area (Å²) in [5.74, 6) is -1.10. The van der Waals surface area contributed by atoms with Gasteiger partial charge in [0.1, 0.15) is 6.04 Å². The van der Waals surface area contributed by atoms with Crippen LogP contribution in [0.2, 0.25) is 0 Å². The van der Waals surface area contributed by atoms with Gasteiger partial charge in [-0.1, -0.05) is 18.2 Å². The van der Waals surface area contributed by atoms with Crippen molar-refractivity contribution in [1.29, 1.82) is 0 Å². The lowest BCUT2D eigenvalue weighted by Crippen LogP contribution is -2.41. The molecule has 0 bridgehead atoms. The quantitative estimate of drug-likeness (QED) is 0.798. The zero-order chi connectivity index (χ0) is 12.4. The number of para-hydroxylation sites is 1. The number of carbonyl (C=O) groups excluding carboxylic acids is 1. The molecule has 1 aromatic carbocycles. The molecule has 5 heteroatoms. The number of hydrogen-bond donors (Lipinski definition) is 2. The summed E-state index contributed by atoms with van der Waals surface area (Å²) in [5.41, 5.74) is 1.70. The van der Waals surface area contributed by atoms with Gasteiger partial charge >= 0.3 is 5.97 Å². The Kier molecular flexibility index (Phi) is 3.10. The minimum absolute atomic E-state index is 0.0994. The highest BCUT2D eigenvalue weighted by Crippen LogP contribution is 2.21. The Bertz CT molecular complexity index is 459. The number of nitrogens with one attached hydrogen (secondary N) is 1. The monoisotopic (exact) mass is 234 g/mol. The highest BCUT2D eigenvalue weighted by Gasteiger charge is 2.26. The molecule has 0 saturated carbocycles. The van der Waals surface area contributed by atoms with Crippen LogP contribution in [0.25, 0.3) is 0 Å². The molecule has 17 heavy (non-hydrogen) atoms. The summed E-state index contributed by atoms with van der Waals surface area (Å²) in [7, 11) is 0. The predicted molar refractivity (Wildman–Crippen MR) is 62.6 cm³/mol. The van der Waals surface area contributed by atoms with Crippen LogP contribution in [0, 0.1) is 0 Å². The van der Waals surface area contributed by atoms with Crippen molar-refractivity contribution in [1.82, 2.24) is 4.90 Å². The molecule has 1 aliphatic rings. The molecule has 0 fully saturated rings. The van der Waals surface area contributed by atoms with Crippen molar-refractivity contribution >= 4 is 17.6 Å². The second-order valence-corrected chi connectivity index (χ2v) is 4.12. The van der Waals surface area contributed by atoms with E-state index < -0.39 is 12.0 Å². The van der Waals surface area contributed by atoms with Gasteiger partial charge in [-0.2, -0.15) is 0 Å². The molecule has 2 rings (SSSR count). The van der Waals surface area contributed by atoms with E-state index in [0.29, 0.717) is 6.54 Å². The standard InChI is InChI=1S/C12H14N2O3/c1-8(12(16)17)14-6-9-4-2-3-5-10(9)13-11(15)7-14/h2-5,8H,6-7H2,1H3,(H,13,15)(H,16,17). The van der Waals surface area contributed by atoms with Gasteiger partial charge in [0.2, 0.25) is 5.91 Å². The molecule has 1 aliphatic heterocycles. The lowest BCUT2D eigenvalue weighted by atomic mass is 10.1. The van der Waals surface area contributed by atoms with Crippen LogP contribution in [-0.2, 0) is 16.1 Å². The molecular weight excluding hydrogens is 220 g/mol. The first-order valence-electron chi connectivity index (χ1n) is 5.42. The molecule has 0 radical (unpaired) electrons. The number of carbonyl (C=O) groups is 2. The zero-order valence-corrected chi connectivity index (χ0v) is 9.51. The lowest BCUT2D eigenvalue weighted by molar-refractivity contribution is -0.143. The SMILES string of the molecule is CC(C(=O)O)N1CC(=O)Nc2ccccc2C1. The Balaban J connectivity index is 2.29. The van der Waals surface area contributed by atoms with Gasteiger partial charge < -0.3 is 10.4 Å². The van der Waals surface area contributed by atoms with Crippen LogP contribution in [0.3, 0.4) is 0 Å². The predicted octanol–water partition coefficient (Wildman–Crippen LogP) is 0.914. The van der Waals surface area contributed by atoms with Crippen LogP contribution in [0.15, 0.2) is 24.3 Å². The van der Waals surface area contributed by atoms with Crippen LogP contribution in [0.1, 0.15) is 12.5 Å². The van der Waals surface area contributed by atoms with E-state index in [2.05, 4.69) is 5.32 Å². The second-order valence-electron chi connectivity index (χ2n) is 4.12. The van der Waals surface area contributed by atoms with Gasteiger partial charge in [0.25, 0.3) is 0 Å². The molecule has 0 spiro atoms. The number of fused-ring (bicyclic) bond motifs is 1. The summed E-state index contributed by atoms with van der Waals surface area (Å²) in [5, 5.41) is 11.8. The molecule has 2 N–H and O–H groups in total. The molecule has 1 amide bonds. The number of benzene rings is 1. The Morgan fingerprint density at radius 3 is 2.82 bits per heavy atom. The van der Waals surface area contributed by atoms with E-state index in [0.717, 1.165) is 11.3 Å². The smallest absolute Gasteiger partial charge is 0.320 e. The molecule has 5 nitrogen and oxygen atoms in total. The maximum absolute atomic E-state index is 11.6. The first-order chi connectivity index (χ1) is 8.08. The molecule has 0 aliphatic carbocycles. The average molecular weight is 234 g/mol. The molecular formula is C12H14N2O3. The number of rotatable bonds is 2. The van der Waals surface area contributed by atoms with E-state index in [9.17, 15) is 9.59 Å². The zero-order valence-electron chi connectivity index (χ0n) is 9.51. The van der Waals surface area contributed by atoms with Crippen molar-refractivity contribution in [2.75, 3.05) is 11.9 Å². The maximum Gasteiger partial charge on any atom is 0.320 e. The topological polar surface area (TPSA) is 69.6 Å². The molecule has 0 aromatic heterocycles. The average Bonchev–Trinajstić information content (AvgIpc) is 2.45. The summed E-state index contributed by atoms with van der Waals surface area (Å²) in [6.45, 7) is 2.15. The molecule has 1 heterocycles. The highest BCUT2D eigenvalue weighted by molar-refractivity contribution is 5.94. The van der Waals surface area contributed by atoms with E-state index in [-0.39, 0.29) is 12.5 Å². The van der Waals surface area contributed by atoms with Crippen LogP contribution >= 0.6 is 0 Å². The van der Waals surface area contributed by atoms with Gasteiger partial charge in [0.05, 0.1) is 6.54 Å². The van der Waals surface area contributed by atoms with Crippen molar-refractivity contribution < 1.29 is 14.7 Å². The normalized spacial score (nSPS) is 17.8. The van der Waals surface area contributed by atoms with Crippen LogP contribution in [0.5, 0.6) is 0 Å². The Labute approximate surface area is 99.0 Å². The third-order valence-electron chi connectivity index (χ3n) is 2.92. The van der Waals surface area contributed by atoms with E-state index in [1.165, 1.54) is 0 Å². The highest BCUT2D eigenvalue weighted by atomic mass is 16.4. The van der Waals surface area contributed by atoms with Crippen molar-refractivity contribution in [3.05, 3.63) is 29.8 Å². The largest absolute Gasteiger partial charge is 0.480 e. The van der Waals surface area contributed by atoms with E-state index >= 15 is 0 Å². The summed E-state index contributed by atoms with van der Waals surface area (Å²) < 4.78 is 0. The number of carboxylic acids is 1. The van der Waals surface area contributed by atoms with Gasteiger partial charge in [-0.3, -0.25) is 14.5 Å². The minimum atomic E-state index is -0.919. The van der Waals surface area contributed by atoms with Crippen LogP contribution < -0.4 is 5.32 Å². The van der Waals surface area contributed by atoms with Crippen LogP contribution in [-0.4, -0.2) is 34.5 Å². The number of hydrogen-bond acceptors (Lipinski definition) is 3. The van der Waals surface area contributed by atoms with Crippen molar-refractivity contribution in [2.24, 2.45) is 0 Å². The van der Waals surface area contributed by atoms with Crippen LogP contribution in [0.4, 0.5) is 5.69 Å². The molecule has 1 aromatic rings. The third-order valence-corrected chi connectivity index (χ3v) is 2.92. The van der Waals surface area contributed by atoms with E-state index in [1.54, 1.807) is 11.8 Å². The summed E-state index contributed by atoms with van der Waals surface area (Å²) >= 11 is 0. The molecule has 1 unspecified atom stereocenters. The summed E-state index contributed by atoms with van der Waals surface area (Å²) in [4.78, 5) is 24.2. The number of carboxylic acid groups (broad SMARTS) is 1. The number of anilines is 1. The summed E-state index contributed by atoms with van der Waals surface area (Å²) in [6.07, 6.45) is 0. The Morgan fingerprint density at radius 1 is 1.41 bits per heavy atom. The van der Waals surface area contributed by atoms with Gasteiger partial charge in [-0.05, 0) is 18.6 Å².